The Labute approximate surface area is 110 Å². The lowest BCUT2D eigenvalue weighted by molar-refractivity contribution is -0.384. The van der Waals surface area contributed by atoms with E-state index in [1.54, 1.807) is 23.9 Å². The predicted molar refractivity (Wildman–Crippen MR) is 73.8 cm³/mol. The molecule has 0 fully saturated rings. The third kappa shape index (κ3) is 3.34. The van der Waals surface area contributed by atoms with Crippen molar-refractivity contribution < 1.29 is 4.92 Å². The molecule has 0 spiro atoms. The van der Waals surface area contributed by atoms with Gasteiger partial charge in [-0.25, -0.2) is 0 Å². The van der Waals surface area contributed by atoms with Crippen molar-refractivity contribution in [1.29, 1.82) is 0 Å². The zero-order valence-corrected chi connectivity index (χ0v) is 10.8. The van der Waals surface area contributed by atoms with Crippen molar-refractivity contribution in [2.24, 2.45) is 0 Å². The molecule has 0 amide bonds. The molecule has 3 nitrogen and oxygen atoms in total. The molecule has 0 heterocycles. The molecule has 0 aromatic heterocycles. The molecule has 0 saturated heterocycles. The van der Waals surface area contributed by atoms with Crippen LogP contribution in [-0.2, 0) is 5.75 Å². The van der Waals surface area contributed by atoms with Gasteiger partial charge in [-0.3, -0.25) is 10.1 Å². The molecule has 0 saturated carbocycles. The minimum absolute atomic E-state index is 0.150. The van der Waals surface area contributed by atoms with Crippen LogP contribution in [0.4, 0.5) is 5.69 Å². The summed E-state index contributed by atoms with van der Waals surface area (Å²) in [7, 11) is 0. The molecule has 2 rings (SSSR count). The minimum atomic E-state index is -0.360. The van der Waals surface area contributed by atoms with Crippen LogP contribution in [0.5, 0.6) is 0 Å². The van der Waals surface area contributed by atoms with Gasteiger partial charge < -0.3 is 0 Å². The summed E-state index contributed by atoms with van der Waals surface area (Å²) in [6.45, 7) is 2.05. The molecule has 2 aromatic carbocycles. The first-order valence-corrected chi connectivity index (χ1v) is 6.56. The number of nitro groups is 1. The van der Waals surface area contributed by atoms with Crippen molar-refractivity contribution in [3.8, 4) is 0 Å². The Hall–Kier alpha value is -1.81. The summed E-state index contributed by atoms with van der Waals surface area (Å²) < 4.78 is 0. The first-order valence-electron chi connectivity index (χ1n) is 5.58. The average molecular weight is 259 g/mol. The maximum absolute atomic E-state index is 10.7. The van der Waals surface area contributed by atoms with E-state index in [4.69, 9.17) is 0 Å². The number of aryl methyl sites for hydroxylation is 1. The summed E-state index contributed by atoms with van der Waals surface area (Å²) in [5.41, 5.74) is 2.34. The summed E-state index contributed by atoms with van der Waals surface area (Å²) in [6.07, 6.45) is 0. The van der Waals surface area contributed by atoms with Gasteiger partial charge in [0.25, 0.3) is 5.69 Å². The van der Waals surface area contributed by atoms with Crippen LogP contribution in [0.15, 0.2) is 53.4 Å². The van der Waals surface area contributed by atoms with Crippen LogP contribution in [0.3, 0.4) is 0 Å². The molecule has 0 unspecified atom stereocenters. The van der Waals surface area contributed by atoms with Crippen molar-refractivity contribution in [2.75, 3.05) is 0 Å². The molecule has 0 bridgehead atoms. The maximum atomic E-state index is 10.7. The normalized spacial score (nSPS) is 10.3. The standard InChI is InChI=1S/C14H13NO2S/c1-11-4-2-7-14(8-11)18-10-12-5-3-6-13(9-12)15(16)17/h2-9H,10H2,1H3. The largest absolute Gasteiger partial charge is 0.269 e. The molecule has 2 aromatic rings. The quantitative estimate of drug-likeness (QED) is 0.469. The van der Waals surface area contributed by atoms with Gasteiger partial charge in [0.15, 0.2) is 0 Å². The van der Waals surface area contributed by atoms with E-state index in [9.17, 15) is 10.1 Å². The first-order chi connectivity index (χ1) is 8.65. The summed E-state index contributed by atoms with van der Waals surface area (Å²) in [6, 6.07) is 15.0. The minimum Gasteiger partial charge on any atom is -0.258 e. The van der Waals surface area contributed by atoms with E-state index in [0.717, 1.165) is 11.3 Å². The highest BCUT2D eigenvalue weighted by atomic mass is 32.2. The van der Waals surface area contributed by atoms with Crippen molar-refractivity contribution in [3.05, 3.63) is 69.8 Å². The molecule has 0 aliphatic carbocycles. The van der Waals surface area contributed by atoms with Crippen molar-refractivity contribution in [1.82, 2.24) is 0 Å². The number of hydrogen-bond donors (Lipinski definition) is 0. The first kappa shape index (κ1) is 12.6. The van der Waals surface area contributed by atoms with Crippen molar-refractivity contribution in [2.45, 2.75) is 17.6 Å². The fourth-order valence-electron chi connectivity index (χ4n) is 1.63. The lowest BCUT2D eigenvalue weighted by atomic mass is 10.2. The van der Waals surface area contributed by atoms with Crippen LogP contribution in [0.2, 0.25) is 0 Å². The van der Waals surface area contributed by atoms with Crippen LogP contribution in [0.1, 0.15) is 11.1 Å². The van der Waals surface area contributed by atoms with E-state index < -0.39 is 0 Å². The number of nitrogens with zero attached hydrogens (tertiary/aromatic N) is 1. The fourth-order valence-corrected chi connectivity index (χ4v) is 2.59. The lowest BCUT2D eigenvalue weighted by Gasteiger charge is -2.03. The smallest absolute Gasteiger partial charge is 0.258 e. The summed E-state index contributed by atoms with van der Waals surface area (Å²) in [5.74, 6) is 0.741. The van der Waals surface area contributed by atoms with Gasteiger partial charge in [0.05, 0.1) is 4.92 Å². The summed E-state index contributed by atoms with van der Waals surface area (Å²) >= 11 is 1.69. The fraction of sp³-hybridized carbons (Fsp3) is 0.143. The Morgan fingerprint density at radius 3 is 2.67 bits per heavy atom. The third-order valence-corrected chi connectivity index (χ3v) is 3.58. The number of rotatable bonds is 4. The van der Waals surface area contributed by atoms with Crippen molar-refractivity contribution >= 4 is 17.4 Å². The predicted octanol–water partition coefficient (Wildman–Crippen LogP) is 4.20. The number of hydrogen-bond acceptors (Lipinski definition) is 3. The molecule has 0 N–H and O–H groups in total. The molecule has 4 heteroatoms. The second kappa shape index (κ2) is 5.69. The zero-order valence-electron chi connectivity index (χ0n) is 10.00. The van der Waals surface area contributed by atoms with Gasteiger partial charge in [-0.05, 0) is 24.6 Å². The van der Waals surface area contributed by atoms with Gasteiger partial charge in [0.2, 0.25) is 0 Å². The van der Waals surface area contributed by atoms with E-state index in [-0.39, 0.29) is 10.6 Å². The Morgan fingerprint density at radius 1 is 1.17 bits per heavy atom. The van der Waals surface area contributed by atoms with Crippen LogP contribution in [0, 0.1) is 17.0 Å². The topological polar surface area (TPSA) is 43.1 Å². The molecule has 0 atom stereocenters. The van der Waals surface area contributed by atoms with Crippen LogP contribution < -0.4 is 0 Å². The number of non-ortho nitro benzene ring substituents is 1. The van der Waals surface area contributed by atoms with E-state index in [2.05, 4.69) is 25.1 Å². The van der Waals surface area contributed by atoms with E-state index in [1.165, 1.54) is 16.5 Å². The van der Waals surface area contributed by atoms with Gasteiger partial charge >= 0.3 is 0 Å². The molecule has 18 heavy (non-hydrogen) atoms. The van der Waals surface area contributed by atoms with Crippen LogP contribution in [0.25, 0.3) is 0 Å². The van der Waals surface area contributed by atoms with Gasteiger partial charge in [-0.1, -0.05) is 29.8 Å². The van der Waals surface area contributed by atoms with E-state index in [0.29, 0.717) is 0 Å². The van der Waals surface area contributed by atoms with Crippen LogP contribution >= 0.6 is 11.8 Å². The zero-order chi connectivity index (χ0) is 13.0. The molecule has 0 aliphatic rings. The second-order valence-corrected chi connectivity index (χ2v) is 5.08. The Balaban J connectivity index is 2.06. The molecular weight excluding hydrogens is 246 g/mol. The summed E-state index contributed by atoms with van der Waals surface area (Å²) in [4.78, 5) is 11.5. The Morgan fingerprint density at radius 2 is 1.94 bits per heavy atom. The third-order valence-electron chi connectivity index (χ3n) is 2.52. The second-order valence-electron chi connectivity index (χ2n) is 4.03. The Bertz CT molecular complexity index is 569. The van der Waals surface area contributed by atoms with E-state index >= 15 is 0 Å². The van der Waals surface area contributed by atoms with Gasteiger partial charge in [0.1, 0.15) is 0 Å². The highest BCUT2D eigenvalue weighted by Gasteiger charge is 2.05. The monoisotopic (exact) mass is 259 g/mol. The van der Waals surface area contributed by atoms with Gasteiger partial charge in [0, 0.05) is 22.8 Å². The molecular formula is C14H13NO2S. The highest BCUT2D eigenvalue weighted by molar-refractivity contribution is 7.98. The average Bonchev–Trinajstić information content (AvgIpc) is 2.37. The SMILES string of the molecule is Cc1cccc(SCc2cccc([N+](=O)[O-])c2)c1. The maximum Gasteiger partial charge on any atom is 0.269 e. The number of benzene rings is 2. The van der Waals surface area contributed by atoms with Gasteiger partial charge in [-0.15, -0.1) is 11.8 Å². The molecule has 92 valence electrons. The number of thioether (sulfide) groups is 1. The van der Waals surface area contributed by atoms with Gasteiger partial charge in [-0.2, -0.15) is 0 Å². The highest BCUT2D eigenvalue weighted by Crippen LogP contribution is 2.25. The summed E-state index contributed by atoms with van der Waals surface area (Å²) in [5, 5.41) is 10.7. The van der Waals surface area contributed by atoms with Crippen LogP contribution in [-0.4, -0.2) is 4.92 Å². The molecule has 0 aliphatic heterocycles. The number of nitro benzene ring substituents is 1. The lowest BCUT2D eigenvalue weighted by Crippen LogP contribution is -1.89. The Kier molecular flexibility index (Phi) is 3.99. The van der Waals surface area contributed by atoms with Crippen molar-refractivity contribution in [3.63, 3.8) is 0 Å². The van der Waals surface area contributed by atoms with E-state index in [1.807, 2.05) is 12.1 Å². The molecule has 0 radical (unpaired) electrons.